The molecule has 150 valence electrons. The second kappa shape index (κ2) is 7.43. The molecule has 5 rings (SSSR count). The maximum absolute atomic E-state index is 12.5. The third kappa shape index (κ3) is 3.74. The SMILES string of the molecule is O=S(=O)(C1CC1)N1CCC(Nc2cc(-c3ccccc3)cc3ccncc23)CC1. The van der Waals surface area contributed by atoms with Crippen LogP contribution in [0.4, 0.5) is 5.69 Å². The fourth-order valence-corrected chi connectivity index (χ4v) is 6.04. The summed E-state index contributed by atoms with van der Waals surface area (Å²) in [6.07, 6.45) is 7.02. The lowest BCUT2D eigenvalue weighted by molar-refractivity contribution is 0.329. The molecule has 1 aliphatic heterocycles. The van der Waals surface area contributed by atoms with E-state index in [9.17, 15) is 8.42 Å². The van der Waals surface area contributed by atoms with Crippen LogP contribution in [0.25, 0.3) is 21.9 Å². The minimum Gasteiger partial charge on any atom is -0.382 e. The van der Waals surface area contributed by atoms with Gasteiger partial charge in [-0.3, -0.25) is 4.98 Å². The number of nitrogens with one attached hydrogen (secondary N) is 1. The lowest BCUT2D eigenvalue weighted by Gasteiger charge is -2.32. The van der Waals surface area contributed by atoms with Crippen LogP contribution in [0.3, 0.4) is 0 Å². The zero-order valence-corrected chi connectivity index (χ0v) is 17.1. The van der Waals surface area contributed by atoms with Gasteiger partial charge in [0.1, 0.15) is 0 Å². The van der Waals surface area contributed by atoms with Gasteiger partial charge in [0.05, 0.1) is 5.25 Å². The maximum atomic E-state index is 12.5. The summed E-state index contributed by atoms with van der Waals surface area (Å²) in [4.78, 5) is 4.31. The van der Waals surface area contributed by atoms with Crippen LogP contribution in [0.1, 0.15) is 25.7 Å². The Morgan fingerprint density at radius 3 is 2.41 bits per heavy atom. The van der Waals surface area contributed by atoms with Crippen LogP contribution in [0.2, 0.25) is 0 Å². The Bertz CT molecular complexity index is 1120. The van der Waals surface area contributed by atoms with Crippen molar-refractivity contribution in [3.05, 3.63) is 60.9 Å². The molecular formula is C23H25N3O2S. The lowest BCUT2D eigenvalue weighted by Crippen LogP contribution is -2.43. The third-order valence-electron chi connectivity index (χ3n) is 5.98. The molecule has 2 aromatic carbocycles. The van der Waals surface area contributed by atoms with Crippen LogP contribution >= 0.6 is 0 Å². The highest BCUT2D eigenvalue weighted by atomic mass is 32.2. The number of pyridine rings is 1. The quantitative estimate of drug-likeness (QED) is 0.686. The van der Waals surface area contributed by atoms with Crippen LogP contribution in [0.5, 0.6) is 0 Å². The van der Waals surface area contributed by atoms with Gasteiger partial charge in [-0.05, 0) is 60.4 Å². The van der Waals surface area contributed by atoms with Crippen molar-refractivity contribution < 1.29 is 8.42 Å². The van der Waals surface area contributed by atoms with Crippen molar-refractivity contribution in [3.8, 4) is 11.1 Å². The van der Waals surface area contributed by atoms with Crippen LogP contribution in [0.15, 0.2) is 60.9 Å². The summed E-state index contributed by atoms with van der Waals surface area (Å²) in [5.74, 6) is 0. The molecule has 0 amide bonds. The number of fused-ring (bicyclic) bond motifs is 1. The topological polar surface area (TPSA) is 62.3 Å². The van der Waals surface area contributed by atoms with Gasteiger partial charge in [-0.15, -0.1) is 0 Å². The van der Waals surface area contributed by atoms with Crippen LogP contribution in [-0.4, -0.2) is 42.1 Å². The predicted octanol–water partition coefficient (Wildman–Crippen LogP) is 4.27. The third-order valence-corrected chi connectivity index (χ3v) is 8.38. The van der Waals surface area contributed by atoms with Crippen molar-refractivity contribution in [1.82, 2.24) is 9.29 Å². The summed E-state index contributed by atoms with van der Waals surface area (Å²) < 4.78 is 26.7. The number of aromatic nitrogens is 1. The van der Waals surface area contributed by atoms with E-state index in [4.69, 9.17) is 0 Å². The molecule has 0 spiro atoms. The predicted molar refractivity (Wildman–Crippen MR) is 117 cm³/mol. The standard InChI is InChI=1S/C23H25N3O2S/c27-29(28,21-6-7-21)26-12-9-20(10-13-26)25-23-15-19(17-4-2-1-3-5-17)14-18-8-11-24-16-22(18)23/h1-5,8,11,14-16,20-21,25H,6-7,9-10,12-13H2. The van der Waals surface area contributed by atoms with E-state index in [1.807, 2.05) is 24.5 Å². The van der Waals surface area contributed by atoms with Gasteiger partial charge >= 0.3 is 0 Å². The number of anilines is 1. The fourth-order valence-electron chi connectivity index (χ4n) is 4.17. The highest BCUT2D eigenvalue weighted by molar-refractivity contribution is 7.90. The highest BCUT2D eigenvalue weighted by Gasteiger charge is 2.41. The van der Waals surface area contributed by atoms with E-state index >= 15 is 0 Å². The Hall–Kier alpha value is -2.44. The average Bonchev–Trinajstić information content (AvgIpc) is 3.61. The van der Waals surface area contributed by atoms with Crippen molar-refractivity contribution in [2.75, 3.05) is 18.4 Å². The first kappa shape index (κ1) is 18.6. The molecule has 5 nitrogen and oxygen atoms in total. The van der Waals surface area contributed by atoms with Crippen LogP contribution < -0.4 is 5.32 Å². The number of sulfonamides is 1. The summed E-state index contributed by atoms with van der Waals surface area (Å²) in [5, 5.41) is 5.82. The van der Waals surface area contributed by atoms with Crippen LogP contribution in [0, 0.1) is 0 Å². The molecule has 2 fully saturated rings. The van der Waals surface area contributed by atoms with Gasteiger partial charge < -0.3 is 5.32 Å². The highest BCUT2D eigenvalue weighted by Crippen LogP contribution is 2.34. The Morgan fingerprint density at radius 1 is 0.931 bits per heavy atom. The largest absolute Gasteiger partial charge is 0.382 e. The first-order valence-electron chi connectivity index (χ1n) is 10.3. The molecular weight excluding hydrogens is 382 g/mol. The van der Waals surface area contributed by atoms with Gasteiger partial charge in [-0.1, -0.05) is 30.3 Å². The number of nitrogens with zero attached hydrogens (tertiary/aromatic N) is 2. The molecule has 3 aromatic rings. The van der Waals surface area contributed by atoms with Crippen molar-refractivity contribution in [2.24, 2.45) is 0 Å². The first-order chi connectivity index (χ1) is 14.1. The Kier molecular flexibility index (Phi) is 4.76. The van der Waals surface area contributed by atoms with E-state index in [1.165, 1.54) is 11.1 Å². The molecule has 2 aliphatic rings. The number of piperidine rings is 1. The Balaban J connectivity index is 1.39. The summed E-state index contributed by atoms with van der Waals surface area (Å²) in [5.41, 5.74) is 3.41. The minimum atomic E-state index is -3.07. The molecule has 0 atom stereocenters. The van der Waals surface area contributed by atoms with Gasteiger partial charge in [0.25, 0.3) is 0 Å². The number of hydrogen-bond donors (Lipinski definition) is 1. The van der Waals surface area contributed by atoms with Crippen molar-refractivity contribution >= 4 is 26.5 Å². The van der Waals surface area contributed by atoms with Crippen LogP contribution in [-0.2, 0) is 10.0 Å². The van der Waals surface area contributed by atoms with E-state index in [1.54, 1.807) is 4.31 Å². The Labute approximate surface area is 171 Å². The minimum absolute atomic E-state index is 0.121. The van der Waals surface area contributed by atoms with E-state index < -0.39 is 10.0 Å². The molecule has 2 heterocycles. The zero-order valence-electron chi connectivity index (χ0n) is 16.3. The number of hydrogen-bond acceptors (Lipinski definition) is 4. The van der Waals surface area contributed by atoms with Gasteiger partial charge in [0, 0.05) is 42.6 Å². The molecule has 6 heteroatoms. The molecule has 0 radical (unpaired) electrons. The number of rotatable bonds is 5. The maximum Gasteiger partial charge on any atom is 0.216 e. The number of benzene rings is 2. The van der Waals surface area contributed by atoms with Crippen molar-refractivity contribution in [1.29, 1.82) is 0 Å². The molecule has 29 heavy (non-hydrogen) atoms. The summed E-state index contributed by atoms with van der Waals surface area (Å²) in [7, 11) is -3.07. The second-order valence-electron chi connectivity index (χ2n) is 8.05. The molecule has 1 N–H and O–H groups in total. The Morgan fingerprint density at radius 2 is 1.69 bits per heavy atom. The molecule has 0 unspecified atom stereocenters. The summed E-state index contributed by atoms with van der Waals surface area (Å²) in [6, 6.07) is 17.0. The second-order valence-corrected chi connectivity index (χ2v) is 10.3. The normalized spacial score (nSPS) is 18.8. The van der Waals surface area contributed by atoms with Gasteiger partial charge in [-0.2, -0.15) is 0 Å². The van der Waals surface area contributed by atoms with E-state index in [-0.39, 0.29) is 11.3 Å². The molecule has 1 aliphatic carbocycles. The van der Waals surface area contributed by atoms with Gasteiger partial charge in [0.15, 0.2) is 0 Å². The van der Waals surface area contributed by atoms with Gasteiger partial charge in [0.2, 0.25) is 10.0 Å². The molecule has 1 saturated heterocycles. The van der Waals surface area contributed by atoms with E-state index in [0.29, 0.717) is 13.1 Å². The zero-order chi connectivity index (χ0) is 19.8. The first-order valence-corrected chi connectivity index (χ1v) is 11.8. The monoisotopic (exact) mass is 407 g/mol. The smallest absolute Gasteiger partial charge is 0.216 e. The van der Waals surface area contributed by atoms with Crippen molar-refractivity contribution in [2.45, 2.75) is 37.0 Å². The van der Waals surface area contributed by atoms with Gasteiger partial charge in [-0.25, -0.2) is 12.7 Å². The van der Waals surface area contributed by atoms with Crippen molar-refractivity contribution in [3.63, 3.8) is 0 Å². The summed E-state index contributed by atoms with van der Waals surface area (Å²) in [6.45, 7) is 1.20. The molecule has 1 aromatic heterocycles. The summed E-state index contributed by atoms with van der Waals surface area (Å²) >= 11 is 0. The molecule has 1 saturated carbocycles. The average molecular weight is 408 g/mol. The fraction of sp³-hybridized carbons (Fsp3) is 0.348. The lowest BCUT2D eigenvalue weighted by atomic mass is 9.99. The van der Waals surface area contributed by atoms with E-state index in [2.05, 4.69) is 46.7 Å². The molecule has 0 bridgehead atoms. The van der Waals surface area contributed by atoms with E-state index in [0.717, 1.165) is 42.1 Å².